The number of nitrogen functional groups attached to an aromatic ring is 1. The zero-order valence-electron chi connectivity index (χ0n) is 8.93. The van der Waals surface area contributed by atoms with E-state index < -0.39 is 0 Å². The average molecular weight is 295 g/mol. The number of anilines is 1. The Balaban J connectivity index is 2.19. The fourth-order valence-corrected chi connectivity index (χ4v) is 1.65. The van der Waals surface area contributed by atoms with Crippen molar-refractivity contribution in [1.82, 2.24) is 4.98 Å². The molecule has 0 atom stereocenters. The second-order valence-corrected chi connectivity index (χ2v) is 4.37. The SMILES string of the molecule is Nc1cc(Br)cnc1Oc1ccc(CO)cc1. The van der Waals surface area contributed by atoms with Crippen LogP contribution in [-0.4, -0.2) is 10.1 Å². The van der Waals surface area contributed by atoms with Gasteiger partial charge in [0.2, 0.25) is 5.88 Å². The summed E-state index contributed by atoms with van der Waals surface area (Å²) in [7, 11) is 0. The Labute approximate surface area is 107 Å². The van der Waals surface area contributed by atoms with Gasteiger partial charge in [0.25, 0.3) is 0 Å². The van der Waals surface area contributed by atoms with Crippen molar-refractivity contribution in [3.05, 3.63) is 46.6 Å². The van der Waals surface area contributed by atoms with Gasteiger partial charge in [0.05, 0.1) is 12.3 Å². The molecule has 0 amide bonds. The second-order valence-electron chi connectivity index (χ2n) is 3.45. The maximum absolute atomic E-state index is 8.91. The highest BCUT2D eigenvalue weighted by Gasteiger charge is 2.04. The number of benzene rings is 1. The minimum Gasteiger partial charge on any atom is -0.437 e. The monoisotopic (exact) mass is 294 g/mol. The number of hydrogen-bond acceptors (Lipinski definition) is 4. The summed E-state index contributed by atoms with van der Waals surface area (Å²) in [5.41, 5.74) is 7.06. The minimum atomic E-state index is 0.0128. The van der Waals surface area contributed by atoms with Crippen LogP contribution < -0.4 is 10.5 Å². The van der Waals surface area contributed by atoms with Crippen LogP contribution in [0.3, 0.4) is 0 Å². The second kappa shape index (κ2) is 5.16. The Morgan fingerprint density at radius 1 is 1.29 bits per heavy atom. The van der Waals surface area contributed by atoms with Crippen LogP contribution in [0.15, 0.2) is 41.0 Å². The largest absolute Gasteiger partial charge is 0.437 e. The lowest BCUT2D eigenvalue weighted by Crippen LogP contribution is -1.95. The van der Waals surface area contributed by atoms with Crippen molar-refractivity contribution in [1.29, 1.82) is 0 Å². The normalized spacial score (nSPS) is 10.2. The van der Waals surface area contributed by atoms with Gasteiger partial charge in [0, 0.05) is 10.7 Å². The van der Waals surface area contributed by atoms with Crippen molar-refractivity contribution >= 4 is 21.6 Å². The highest BCUT2D eigenvalue weighted by atomic mass is 79.9. The summed E-state index contributed by atoms with van der Waals surface area (Å²) in [6.45, 7) is 0.0128. The fraction of sp³-hybridized carbons (Fsp3) is 0.0833. The van der Waals surface area contributed by atoms with Crippen LogP contribution >= 0.6 is 15.9 Å². The van der Waals surface area contributed by atoms with Gasteiger partial charge in [-0.25, -0.2) is 4.98 Å². The number of halogens is 1. The van der Waals surface area contributed by atoms with E-state index in [1.54, 1.807) is 36.5 Å². The third-order valence-corrected chi connectivity index (χ3v) is 2.60. The number of ether oxygens (including phenoxy) is 1. The number of nitrogens with zero attached hydrogens (tertiary/aromatic N) is 1. The Bertz CT molecular complexity index is 514. The molecule has 0 spiro atoms. The van der Waals surface area contributed by atoms with Gasteiger partial charge in [-0.15, -0.1) is 0 Å². The molecular weight excluding hydrogens is 284 g/mol. The van der Waals surface area contributed by atoms with Crippen LogP contribution in [0.4, 0.5) is 5.69 Å². The first-order valence-electron chi connectivity index (χ1n) is 4.97. The van der Waals surface area contributed by atoms with Gasteiger partial charge >= 0.3 is 0 Å². The van der Waals surface area contributed by atoms with E-state index in [4.69, 9.17) is 15.6 Å². The molecule has 3 N–H and O–H groups in total. The summed E-state index contributed by atoms with van der Waals surface area (Å²) >= 11 is 3.27. The molecule has 1 aromatic heterocycles. The first-order valence-corrected chi connectivity index (χ1v) is 5.77. The molecule has 0 saturated carbocycles. The van der Waals surface area contributed by atoms with Gasteiger partial charge in [0.1, 0.15) is 5.75 Å². The maximum Gasteiger partial charge on any atom is 0.242 e. The Kier molecular flexibility index (Phi) is 3.61. The number of aromatic nitrogens is 1. The summed E-state index contributed by atoms with van der Waals surface area (Å²) in [4.78, 5) is 4.07. The molecule has 0 aliphatic carbocycles. The van der Waals surface area contributed by atoms with Crippen molar-refractivity contribution in [2.75, 3.05) is 5.73 Å². The molecule has 0 radical (unpaired) electrons. The average Bonchev–Trinajstić information content (AvgIpc) is 2.34. The molecule has 4 nitrogen and oxygen atoms in total. The highest BCUT2D eigenvalue weighted by Crippen LogP contribution is 2.27. The third kappa shape index (κ3) is 2.95. The maximum atomic E-state index is 8.91. The molecule has 0 fully saturated rings. The molecule has 88 valence electrons. The summed E-state index contributed by atoms with van der Waals surface area (Å²) < 4.78 is 6.33. The molecule has 1 aromatic carbocycles. The summed E-state index contributed by atoms with van der Waals surface area (Å²) in [6.07, 6.45) is 1.62. The van der Waals surface area contributed by atoms with Crippen LogP contribution in [0.25, 0.3) is 0 Å². The van der Waals surface area contributed by atoms with Gasteiger partial charge in [-0.3, -0.25) is 0 Å². The number of hydrogen-bond donors (Lipinski definition) is 2. The molecule has 17 heavy (non-hydrogen) atoms. The van der Waals surface area contributed by atoms with Crippen LogP contribution in [0.5, 0.6) is 11.6 Å². The van der Waals surface area contributed by atoms with E-state index in [0.29, 0.717) is 17.3 Å². The van der Waals surface area contributed by atoms with E-state index in [-0.39, 0.29) is 6.61 Å². The van der Waals surface area contributed by atoms with Crippen LogP contribution in [0, 0.1) is 0 Å². The molecule has 2 rings (SSSR count). The topological polar surface area (TPSA) is 68.4 Å². The summed E-state index contributed by atoms with van der Waals surface area (Å²) in [5, 5.41) is 8.91. The Hall–Kier alpha value is -1.59. The number of rotatable bonds is 3. The predicted octanol–water partition coefficient (Wildman–Crippen LogP) is 2.71. The molecule has 0 aliphatic heterocycles. The molecule has 0 unspecified atom stereocenters. The summed E-state index contributed by atoms with van der Waals surface area (Å²) in [5.74, 6) is 0.994. The number of aliphatic hydroxyl groups is 1. The van der Waals surface area contributed by atoms with Crippen molar-refractivity contribution in [3.63, 3.8) is 0 Å². The van der Waals surface area contributed by atoms with E-state index in [9.17, 15) is 0 Å². The van der Waals surface area contributed by atoms with E-state index in [2.05, 4.69) is 20.9 Å². The van der Waals surface area contributed by atoms with Crippen LogP contribution in [0.2, 0.25) is 0 Å². The Morgan fingerprint density at radius 3 is 2.59 bits per heavy atom. The Morgan fingerprint density at radius 2 is 2.00 bits per heavy atom. The first kappa shape index (κ1) is 11.9. The van der Waals surface area contributed by atoms with E-state index in [0.717, 1.165) is 10.0 Å². The van der Waals surface area contributed by atoms with Gasteiger partial charge in [-0.1, -0.05) is 12.1 Å². The van der Waals surface area contributed by atoms with Gasteiger partial charge in [0.15, 0.2) is 0 Å². The van der Waals surface area contributed by atoms with Crippen LogP contribution in [0.1, 0.15) is 5.56 Å². The van der Waals surface area contributed by atoms with E-state index in [1.807, 2.05) is 0 Å². The predicted molar refractivity (Wildman–Crippen MR) is 68.8 cm³/mol. The zero-order valence-corrected chi connectivity index (χ0v) is 10.5. The van der Waals surface area contributed by atoms with E-state index in [1.165, 1.54) is 0 Å². The van der Waals surface area contributed by atoms with Gasteiger partial charge in [-0.05, 0) is 39.7 Å². The standard InChI is InChI=1S/C12H11BrN2O2/c13-9-5-11(14)12(15-6-9)17-10-3-1-8(7-16)2-4-10/h1-6,16H,7,14H2. The van der Waals surface area contributed by atoms with Crippen molar-refractivity contribution in [2.24, 2.45) is 0 Å². The van der Waals surface area contributed by atoms with Crippen molar-refractivity contribution in [2.45, 2.75) is 6.61 Å². The first-order chi connectivity index (χ1) is 8.19. The molecule has 1 heterocycles. The molecule has 5 heteroatoms. The molecule has 0 bridgehead atoms. The lowest BCUT2D eigenvalue weighted by atomic mass is 10.2. The smallest absolute Gasteiger partial charge is 0.242 e. The molecule has 2 aromatic rings. The molecule has 0 saturated heterocycles. The van der Waals surface area contributed by atoms with Crippen molar-refractivity contribution in [3.8, 4) is 11.6 Å². The zero-order chi connectivity index (χ0) is 12.3. The number of aliphatic hydroxyl groups excluding tert-OH is 1. The molecule has 0 aliphatic rings. The fourth-order valence-electron chi connectivity index (χ4n) is 1.30. The van der Waals surface area contributed by atoms with E-state index >= 15 is 0 Å². The lowest BCUT2D eigenvalue weighted by molar-refractivity contribution is 0.281. The number of nitrogens with two attached hydrogens (primary N) is 1. The number of pyridine rings is 1. The van der Waals surface area contributed by atoms with Crippen LogP contribution in [-0.2, 0) is 6.61 Å². The van der Waals surface area contributed by atoms with Gasteiger partial charge in [-0.2, -0.15) is 0 Å². The summed E-state index contributed by atoms with van der Waals surface area (Å²) in [6, 6.07) is 8.81. The van der Waals surface area contributed by atoms with Gasteiger partial charge < -0.3 is 15.6 Å². The molecular formula is C12H11BrN2O2. The van der Waals surface area contributed by atoms with Crippen molar-refractivity contribution < 1.29 is 9.84 Å². The highest BCUT2D eigenvalue weighted by molar-refractivity contribution is 9.10. The quantitative estimate of drug-likeness (QED) is 0.913. The minimum absolute atomic E-state index is 0.0128. The third-order valence-electron chi connectivity index (χ3n) is 2.17. The lowest BCUT2D eigenvalue weighted by Gasteiger charge is -2.07.